The maximum Gasteiger partial charge on any atom is 0.0589 e. The summed E-state index contributed by atoms with van der Waals surface area (Å²) in [5.41, 5.74) is 1.02. The zero-order valence-corrected chi connectivity index (χ0v) is 10.7. The lowest BCUT2D eigenvalue weighted by molar-refractivity contribution is 0.639. The van der Waals surface area contributed by atoms with Gasteiger partial charge < -0.3 is 0 Å². The lowest BCUT2D eigenvalue weighted by Crippen LogP contribution is -2.05. The average molecular weight is 275 g/mol. The fourth-order valence-electron chi connectivity index (χ4n) is 1.65. The minimum atomic E-state index is 0.365. The van der Waals surface area contributed by atoms with Crippen LogP contribution in [0.25, 0.3) is 0 Å². The molecular weight excluding hydrogens is 264 g/mol. The first kappa shape index (κ1) is 12.0. The summed E-state index contributed by atoms with van der Waals surface area (Å²) in [5, 5.41) is 1.93. The van der Waals surface area contributed by atoms with Gasteiger partial charge in [0.05, 0.1) is 15.1 Å². The van der Waals surface area contributed by atoms with Crippen molar-refractivity contribution < 1.29 is 0 Å². The Kier molecular flexibility index (Phi) is 3.91. The molecule has 16 heavy (non-hydrogen) atoms. The van der Waals surface area contributed by atoms with Crippen molar-refractivity contribution in [3.8, 4) is 0 Å². The molecule has 2 rings (SSSR count). The van der Waals surface area contributed by atoms with Crippen LogP contribution in [0.4, 0.5) is 0 Å². The molecule has 0 aliphatic heterocycles. The van der Waals surface area contributed by atoms with E-state index in [1.54, 1.807) is 6.20 Å². The highest BCUT2D eigenvalue weighted by Crippen LogP contribution is 2.29. The van der Waals surface area contributed by atoms with Gasteiger partial charge in [0.25, 0.3) is 0 Å². The van der Waals surface area contributed by atoms with E-state index >= 15 is 0 Å². The van der Waals surface area contributed by atoms with Crippen LogP contribution in [0.2, 0.25) is 5.02 Å². The monoisotopic (exact) mass is 273 g/mol. The molecule has 1 aliphatic carbocycles. The van der Waals surface area contributed by atoms with Crippen molar-refractivity contribution in [1.82, 2.24) is 4.98 Å². The van der Waals surface area contributed by atoms with Crippen LogP contribution in [0.1, 0.15) is 12.1 Å². The molecule has 0 spiro atoms. The smallest absolute Gasteiger partial charge is 0.0589 e. The topological polar surface area (TPSA) is 12.9 Å². The zero-order valence-electron chi connectivity index (χ0n) is 8.46. The van der Waals surface area contributed by atoms with Crippen LogP contribution in [0.15, 0.2) is 40.5 Å². The van der Waals surface area contributed by atoms with Gasteiger partial charge in [0, 0.05) is 11.9 Å². The maximum atomic E-state index is 5.97. The highest BCUT2D eigenvalue weighted by atomic mass is 35.5. The number of rotatable bonds is 2. The second-order valence-corrected chi connectivity index (χ2v) is 4.99. The van der Waals surface area contributed by atoms with E-state index in [1.165, 1.54) is 0 Å². The fourth-order valence-corrected chi connectivity index (χ4v) is 2.16. The van der Waals surface area contributed by atoms with Crippen LogP contribution in [-0.4, -0.2) is 4.98 Å². The molecule has 0 N–H and O–H groups in total. The molecule has 4 heteroatoms. The number of pyridine rings is 1. The largest absolute Gasteiger partial charge is 0.260 e. The fraction of sp³-hybridized carbons (Fsp3) is 0.250. The van der Waals surface area contributed by atoms with Crippen LogP contribution in [0.5, 0.6) is 0 Å². The molecular formula is C12H10Cl3N. The number of hydrogen-bond acceptors (Lipinski definition) is 1. The molecule has 0 bridgehead atoms. The van der Waals surface area contributed by atoms with Gasteiger partial charge in [-0.25, -0.2) is 0 Å². The van der Waals surface area contributed by atoms with E-state index in [0.717, 1.165) is 18.5 Å². The average Bonchev–Trinajstić information content (AvgIpc) is 2.27. The first-order valence-electron chi connectivity index (χ1n) is 4.99. The summed E-state index contributed by atoms with van der Waals surface area (Å²) in [6.45, 7) is 0. The summed E-state index contributed by atoms with van der Waals surface area (Å²) in [6, 6.07) is 3.78. The van der Waals surface area contributed by atoms with E-state index in [-0.39, 0.29) is 0 Å². The molecule has 0 saturated heterocycles. The Morgan fingerprint density at radius 2 is 2.00 bits per heavy atom. The summed E-state index contributed by atoms with van der Waals surface area (Å²) >= 11 is 17.6. The van der Waals surface area contributed by atoms with Gasteiger partial charge in [-0.05, 0) is 30.9 Å². The minimum Gasteiger partial charge on any atom is -0.260 e. The Morgan fingerprint density at radius 3 is 2.62 bits per heavy atom. The molecule has 1 aromatic heterocycles. The first-order valence-corrected chi connectivity index (χ1v) is 6.12. The predicted octanol–water partition coefficient (Wildman–Crippen LogP) is 4.54. The number of hydrogen-bond donors (Lipinski definition) is 0. The van der Waals surface area contributed by atoms with Crippen LogP contribution < -0.4 is 0 Å². The van der Waals surface area contributed by atoms with Crippen molar-refractivity contribution in [3.63, 3.8) is 0 Å². The number of nitrogens with zero attached hydrogens (tertiary/aromatic N) is 1. The molecule has 0 saturated carbocycles. The Bertz CT molecular complexity index is 434. The Balaban J connectivity index is 2.04. The molecule has 84 valence electrons. The highest BCUT2D eigenvalue weighted by Gasteiger charge is 2.14. The van der Waals surface area contributed by atoms with Crippen LogP contribution in [-0.2, 0) is 6.42 Å². The molecule has 1 unspecified atom stereocenters. The highest BCUT2D eigenvalue weighted by molar-refractivity contribution is 6.44. The van der Waals surface area contributed by atoms with Gasteiger partial charge in [0.1, 0.15) is 0 Å². The van der Waals surface area contributed by atoms with E-state index in [9.17, 15) is 0 Å². The molecule has 0 fully saturated rings. The molecule has 1 atom stereocenters. The molecule has 0 amide bonds. The van der Waals surface area contributed by atoms with Crippen molar-refractivity contribution in [1.29, 1.82) is 0 Å². The molecule has 1 nitrogen and oxygen atoms in total. The van der Waals surface area contributed by atoms with Gasteiger partial charge in [0.15, 0.2) is 0 Å². The summed E-state index contributed by atoms with van der Waals surface area (Å²) < 4.78 is 0. The summed E-state index contributed by atoms with van der Waals surface area (Å²) in [6.07, 6.45) is 7.35. The van der Waals surface area contributed by atoms with Crippen LogP contribution in [0.3, 0.4) is 0 Å². The molecule has 1 heterocycles. The van der Waals surface area contributed by atoms with E-state index in [2.05, 4.69) is 4.98 Å². The van der Waals surface area contributed by atoms with E-state index in [4.69, 9.17) is 34.8 Å². The van der Waals surface area contributed by atoms with Gasteiger partial charge in [-0.3, -0.25) is 4.98 Å². The van der Waals surface area contributed by atoms with Gasteiger partial charge in [0.2, 0.25) is 0 Å². The SMILES string of the molecule is ClC1=CCC(Cc2ccc(Cl)cn2)C=C1Cl. The molecule has 1 aromatic rings. The van der Waals surface area contributed by atoms with E-state index in [1.807, 2.05) is 24.3 Å². The van der Waals surface area contributed by atoms with Gasteiger partial charge >= 0.3 is 0 Å². The predicted molar refractivity (Wildman–Crippen MR) is 68.9 cm³/mol. The summed E-state index contributed by atoms with van der Waals surface area (Å²) in [7, 11) is 0. The quantitative estimate of drug-likeness (QED) is 0.771. The molecule has 0 aromatic carbocycles. The van der Waals surface area contributed by atoms with Crippen molar-refractivity contribution in [2.24, 2.45) is 5.92 Å². The van der Waals surface area contributed by atoms with Gasteiger partial charge in [-0.15, -0.1) is 0 Å². The third-order valence-electron chi connectivity index (χ3n) is 2.47. The second kappa shape index (κ2) is 5.22. The van der Waals surface area contributed by atoms with Crippen molar-refractivity contribution in [2.75, 3.05) is 0 Å². The second-order valence-electron chi connectivity index (χ2n) is 3.73. The number of allylic oxidation sites excluding steroid dienone is 4. The van der Waals surface area contributed by atoms with Crippen molar-refractivity contribution in [3.05, 3.63) is 51.3 Å². The van der Waals surface area contributed by atoms with Gasteiger partial charge in [-0.2, -0.15) is 0 Å². The molecule has 0 radical (unpaired) electrons. The third-order valence-corrected chi connectivity index (χ3v) is 3.48. The number of halogens is 3. The minimum absolute atomic E-state index is 0.365. The maximum absolute atomic E-state index is 5.97. The lowest BCUT2D eigenvalue weighted by atomic mass is 9.95. The van der Waals surface area contributed by atoms with Crippen molar-refractivity contribution >= 4 is 34.8 Å². The first-order chi connectivity index (χ1) is 7.65. The van der Waals surface area contributed by atoms with Gasteiger partial charge in [-0.1, -0.05) is 47.0 Å². The van der Waals surface area contributed by atoms with Crippen LogP contribution >= 0.6 is 34.8 Å². The van der Waals surface area contributed by atoms with E-state index < -0.39 is 0 Å². The normalized spacial score (nSPS) is 20.3. The van der Waals surface area contributed by atoms with Crippen LogP contribution in [0, 0.1) is 5.92 Å². The summed E-state index contributed by atoms with van der Waals surface area (Å²) in [5.74, 6) is 0.365. The zero-order chi connectivity index (χ0) is 11.5. The Hall–Kier alpha value is -0.500. The standard InChI is InChI=1S/C12H10Cl3N/c13-9-2-3-10(16-7-9)5-8-1-4-11(14)12(15)6-8/h2-4,6-8H,1,5H2. The molecule has 1 aliphatic rings. The summed E-state index contributed by atoms with van der Waals surface area (Å²) in [4.78, 5) is 4.26. The lowest BCUT2D eigenvalue weighted by Gasteiger charge is -2.15. The Morgan fingerprint density at radius 1 is 1.19 bits per heavy atom. The number of aromatic nitrogens is 1. The Labute approximate surface area is 110 Å². The third kappa shape index (κ3) is 3.00. The van der Waals surface area contributed by atoms with Crippen molar-refractivity contribution in [2.45, 2.75) is 12.8 Å². The van der Waals surface area contributed by atoms with E-state index in [0.29, 0.717) is 21.0 Å².